The molecule has 1 aliphatic carbocycles. The zero-order valence-electron chi connectivity index (χ0n) is 8.66. The molecule has 0 radical (unpaired) electrons. The number of thioether (sulfide) groups is 1. The van der Waals surface area contributed by atoms with Crippen molar-refractivity contribution < 1.29 is 0 Å². The lowest BCUT2D eigenvalue weighted by Gasteiger charge is -2.09. The van der Waals surface area contributed by atoms with Crippen LogP contribution in [-0.4, -0.2) is 11.8 Å². The lowest BCUT2D eigenvalue weighted by Crippen LogP contribution is -2.25. The molecule has 1 aliphatic rings. The Hall–Kier alpha value is -0.180. The zero-order chi connectivity index (χ0) is 10.7. The fourth-order valence-corrected chi connectivity index (χ4v) is 2.77. The highest BCUT2D eigenvalue weighted by atomic mass is 35.5. The van der Waals surface area contributed by atoms with E-state index in [4.69, 9.17) is 17.3 Å². The summed E-state index contributed by atoms with van der Waals surface area (Å²) in [5.74, 6) is 2.92. The Morgan fingerprint density at radius 3 is 2.60 bits per heavy atom. The van der Waals surface area contributed by atoms with E-state index in [0.717, 1.165) is 22.4 Å². The summed E-state index contributed by atoms with van der Waals surface area (Å²) in [4.78, 5) is 0. The molecule has 2 N–H and O–H groups in total. The van der Waals surface area contributed by atoms with Gasteiger partial charge in [-0.2, -0.15) is 11.8 Å². The topological polar surface area (TPSA) is 26.0 Å². The van der Waals surface area contributed by atoms with Gasteiger partial charge in [0.05, 0.1) is 0 Å². The third-order valence-corrected chi connectivity index (χ3v) is 4.13. The molecular formula is C12H16ClNS. The molecule has 82 valence electrons. The molecule has 1 unspecified atom stereocenters. The van der Waals surface area contributed by atoms with Crippen LogP contribution < -0.4 is 5.73 Å². The highest BCUT2D eigenvalue weighted by Crippen LogP contribution is 2.33. The summed E-state index contributed by atoms with van der Waals surface area (Å²) in [6.07, 6.45) is 2.67. The van der Waals surface area contributed by atoms with Crippen LogP contribution in [0.4, 0.5) is 0 Å². The van der Waals surface area contributed by atoms with Gasteiger partial charge in [-0.25, -0.2) is 0 Å². The first kappa shape index (κ1) is 11.3. The predicted octanol–water partition coefficient (Wildman–Crippen LogP) is 3.31. The van der Waals surface area contributed by atoms with Crippen molar-refractivity contribution in [2.45, 2.75) is 24.6 Å². The largest absolute Gasteiger partial charge is 0.327 e. The summed E-state index contributed by atoms with van der Waals surface area (Å²) in [6.45, 7) is 0. The van der Waals surface area contributed by atoms with Crippen molar-refractivity contribution in [3.05, 3.63) is 34.9 Å². The summed E-state index contributed by atoms with van der Waals surface area (Å²) in [5.41, 5.74) is 7.35. The van der Waals surface area contributed by atoms with Gasteiger partial charge in [-0.1, -0.05) is 23.7 Å². The number of rotatable bonds is 5. The molecule has 2 rings (SSSR count). The zero-order valence-corrected chi connectivity index (χ0v) is 10.2. The third-order valence-electron chi connectivity index (χ3n) is 2.72. The van der Waals surface area contributed by atoms with Gasteiger partial charge in [-0.05, 0) is 36.5 Å². The van der Waals surface area contributed by atoms with Gasteiger partial charge in [-0.15, -0.1) is 0 Å². The molecule has 0 spiro atoms. The van der Waals surface area contributed by atoms with Gasteiger partial charge in [0.2, 0.25) is 0 Å². The molecule has 0 bridgehead atoms. The molecule has 1 nitrogen and oxygen atoms in total. The van der Waals surface area contributed by atoms with E-state index >= 15 is 0 Å². The van der Waals surface area contributed by atoms with Crippen LogP contribution in [-0.2, 0) is 5.75 Å². The third kappa shape index (κ3) is 3.71. The van der Waals surface area contributed by atoms with Gasteiger partial charge in [0.1, 0.15) is 0 Å². The summed E-state index contributed by atoms with van der Waals surface area (Å²) >= 11 is 7.74. The van der Waals surface area contributed by atoms with Crippen molar-refractivity contribution in [3.8, 4) is 0 Å². The fourth-order valence-electron chi connectivity index (χ4n) is 1.55. The first-order chi connectivity index (χ1) is 7.25. The molecule has 0 aromatic heterocycles. The molecular weight excluding hydrogens is 226 g/mol. The Balaban J connectivity index is 1.70. The molecule has 1 atom stereocenters. The summed E-state index contributed by atoms with van der Waals surface area (Å²) in [5, 5.41) is 0.804. The number of halogens is 1. The van der Waals surface area contributed by atoms with Crippen LogP contribution in [0.3, 0.4) is 0 Å². The van der Waals surface area contributed by atoms with E-state index in [1.165, 1.54) is 18.4 Å². The van der Waals surface area contributed by atoms with Crippen molar-refractivity contribution in [2.24, 2.45) is 11.7 Å². The van der Waals surface area contributed by atoms with Gasteiger partial charge in [0.15, 0.2) is 0 Å². The molecule has 1 aromatic rings. The Morgan fingerprint density at radius 2 is 2.00 bits per heavy atom. The molecule has 0 saturated heterocycles. The highest BCUT2D eigenvalue weighted by molar-refractivity contribution is 7.98. The van der Waals surface area contributed by atoms with Crippen LogP contribution >= 0.6 is 23.4 Å². The highest BCUT2D eigenvalue weighted by Gasteiger charge is 2.27. The van der Waals surface area contributed by atoms with Crippen molar-refractivity contribution >= 4 is 23.4 Å². The van der Waals surface area contributed by atoms with Gasteiger partial charge >= 0.3 is 0 Å². The van der Waals surface area contributed by atoms with E-state index < -0.39 is 0 Å². The van der Waals surface area contributed by atoms with Gasteiger partial charge in [0.25, 0.3) is 0 Å². The van der Waals surface area contributed by atoms with Crippen LogP contribution in [0.5, 0.6) is 0 Å². The van der Waals surface area contributed by atoms with Gasteiger partial charge in [0, 0.05) is 22.6 Å². The Kier molecular flexibility index (Phi) is 3.95. The second-order valence-corrected chi connectivity index (χ2v) is 5.61. The standard InChI is InChI=1S/C12H16ClNS/c13-11-5-1-9(2-6-11)7-15-8-12(14)10-3-4-10/h1-2,5-6,10,12H,3-4,7-8,14H2. The molecule has 0 heterocycles. The van der Waals surface area contributed by atoms with Crippen LogP contribution in [0.25, 0.3) is 0 Å². The number of hydrogen-bond donors (Lipinski definition) is 1. The van der Waals surface area contributed by atoms with Crippen LogP contribution in [0.2, 0.25) is 5.02 Å². The van der Waals surface area contributed by atoms with Crippen LogP contribution in [0.15, 0.2) is 24.3 Å². The summed E-state index contributed by atoms with van der Waals surface area (Å²) in [6, 6.07) is 8.45. The average Bonchev–Trinajstić information content (AvgIpc) is 3.04. The first-order valence-electron chi connectivity index (χ1n) is 5.33. The van der Waals surface area contributed by atoms with Gasteiger partial charge in [-0.3, -0.25) is 0 Å². The summed E-state index contributed by atoms with van der Waals surface area (Å²) in [7, 11) is 0. The van der Waals surface area contributed by atoms with E-state index in [9.17, 15) is 0 Å². The monoisotopic (exact) mass is 241 g/mol. The number of benzene rings is 1. The molecule has 15 heavy (non-hydrogen) atoms. The minimum atomic E-state index is 0.405. The van der Waals surface area contributed by atoms with Gasteiger partial charge < -0.3 is 5.73 Å². The minimum Gasteiger partial charge on any atom is -0.327 e. The SMILES string of the molecule is NC(CSCc1ccc(Cl)cc1)C1CC1. The maximum Gasteiger partial charge on any atom is 0.0406 e. The number of hydrogen-bond acceptors (Lipinski definition) is 2. The van der Waals surface area contributed by atoms with E-state index in [-0.39, 0.29) is 0 Å². The molecule has 3 heteroatoms. The number of nitrogens with two attached hydrogens (primary N) is 1. The van der Waals surface area contributed by atoms with E-state index in [1.807, 2.05) is 23.9 Å². The predicted molar refractivity (Wildman–Crippen MR) is 68.3 cm³/mol. The van der Waals surface area contributed by atoms with Crippen molar-refractivity contribution in [1.29, 1.82) is 0 Å². The molecule has 1 fully saturated rings. The van der Waals surface area contributed by atoms with Crippen molar-refractivity contribution in [3.63, 3.8) is 0 Å². The second-order valence-electron chi connectivity index (χ2n) is 4.14. The maximum absolute atomic E-state index is 6.03. The van der Waals surface area contributed by atoms with Crippen molar-refractivity contribution in [1.82, 2.24) is 0 Å². The van der Waals surface area contributed by atoms with E-state index in [2.05, 4.69) is 12.1 Å². The fraction of sp³-hybridized carbons (Fsp3) is 0.500. The Bertz CT molecular complexity index is 308. The maximum atomic E-state index is 6.03. The lowest BCUT2D eigenvalue weighted by atomic mass is 10.2. The van der Waals surface area contributed by atoms with Crippen molar-refractivity contribution in [2.75, 3.05) is 5.75 Å². The Labute approximate surface area is 100 Å². The van der Waals surface area contributed by atoms with E-state index in [0.29, 0.717) is 6.04 Å². The van der Waals surface area contributed by atoms with Crippen LogP contribution in [0, 0.1) is 5.92 Å². The average molecular weight is 242 g/mol. The summed E-state index contributed by atoms with van der Waals surface area (Å²) < 4.78 is 0. The smallest absolute Gasteiger partial charge is 0.0406 e. The Morgan fingerprint density at radius 1 is 1.33 bits per heavy atom. The molecule has 0 amide bonds. The molecule has 1 aromatic carbocycles. The lowest BCUT2D eigenvalue weighted by molar-refractivity contribution is 0.659. The van der Waals surface area contributed by atoms with E-state index in [1.54, 1.807) is 0 Å². The quantitative estimate of drug-likeness (QED) is 0.856. The normalized spacial score (nSPS) is 17.7. The van der Waals surface area contributed by atoms with Crippen LogP contribution in [0.1, 0.15) is 18.4 Å². The molecule has 0 aliphatic heterocycles. The first-order valence-corrected chi connectivity index (χ1v) is 6.87. The second kappa shape index (κ2) is 5.24. The minimum absolute atomic E-state index is 0.405. The molecule has 1 saturated carbocycles.